The highest BCUT2D eigenvalue weighted by molar-refractivity contribution is 5.94. The number of carbonyl (C=O) groups is 1. The Morgan fingerprint density at radius 2 is 2.19 bits per heavy atom. The number of hydrogen-bond donors (Lipinski definition) is 2. The van der Waals surface area contributed by atoms with Crippen LogP contribution in [0.1, 0.15) is 21.9 Å². The number of hydrogen-bond acceptors (Lipinski definition) is 5. The zero-order valence-electron chi connectivity index (χ0n) is 14.3. The average Bonchev–Trinajstić information content (AvgIpc) is 3.11. The Kier molecular flexibility index (Phi) is 4.04. The maximum atomic E-state index is 12.6. The Hall–Kier alpha value is -3.35. The normalized spacial score (nSPS) is 13.3. The number of pyridine rings is 1. The fraction of sp³-hybridized carbons (Fsp3) is 0.211. The first kappa shape index (κ1) is 16.1. The van der Waals surface area contributed by atoms with Crippen LogP contribution in [0.15, 0.2) is 42.6 Å². The zero-order chi connectivity index (χ0) is 18.1. The minimum atomic E-state index is -0.286. The van der Waals surface area contributed by atoms with Gasteiger partial charge in [0, 0.05) is 24.7 Å². The van der Waals surface area contributed by atoms with E-state index in [4.69, 9.17) is 4.74 Å². The summed E-state index contributed by atoms with van der Waals surface area (Å²) in [6, 6.07) is 10.7. The number of carbonyl (C=O) groups excluding carboxylic acids is 1. The molecule has 0 radical (unpaired) electrons. The molecule has 1 aliphatic heterocycles. The van der Waals surface area contributed by atoms with Crippen molar-refractivity contribution in [3.05, 3.63) is 59.7 Å². The summed E-state index contributed by atoms with van der Waals surface area (Å²) >= 11 is 0. The number of rotatable bonds is 3. The Morgan fingerprint density at radius 3 is 3.00 bits per heavy atom. The van der Waals surface area contributed by atoms with Crippen LogP contribution in [-0.2, 0) is 13.0 Å². The molecule has 1 amide bonds. The van der Waals surface area contributed by atoms with Gasteiger partial charge in [0.15, 0.2) is 5.69 Å². The molecule has 1 aliphatic rings. The van der Waals surface area contributed by atoms with Gasteiger partial charge in [-0.25, -0.2) is 9.97 Å². The highest BCUT2D eigenvalue weighted by Crippen LogP contribution is 2.26. The predicted octanol–water partition coefficient (Wildman–Crippen LogP) is 2.38. The number of ether oxygens (including phenoxy) is 1. The van der Waals surface area contributed by atoms with E-state index in [1.165, 1.54) is 12.3 Å². The molecule has 3 aromatic rings. The van der Waals surface area contributed by atoms with Crippen molar-refractivity contribution in [2.45, 2.75) is 13.0 Å². The fourth-order valence-electron chi connectivity index (χ4n) is 3.09. The number of benzene rings is 1. The number of fused-ring (bicyclic) bond motifs is 1. The van der Waals surface area contributed by atoms with Crippen molar-refractivity contribution in [2.75, 3.05) is 13.7 Å². The monoisotopic (exact) mass is 350 g/mol. The number of H-pyrrole nitrogens is 1. The molecular formula is C19H18N4O3. The molecule has 0 fully saturated rings. The van der Waals surface area contributed by atoms with Crippen LogP contribution in [0.4, 0.5) is 0 Å². The third kappa shape index (κ3) is 2.88. The Balaban J connectivity index is 1.59. The first-order chi connectivity index (χ1) is 12.7. The number of imidazole rings is 1. The van der Waals surface area contributed by atoms with Gasteiger partial charge < -0.3 is 19.7 Å². The largest absolute Gasteiger partial charge is 0.505 e. The van der Waals surface area contributed by atoms with Crippen molar-refractivity contribution in [3.8, 4) is 22.9 Å². The molecule has 0 saturated carbocycles. The van der Waals surface area contributed by atoms with Crippen LogP contribution in [0.5, 0.6) is 11.5 Å². The van der Waals surface area contributed by atoms with Gasteiger partial charge in [-0.1, -0.05) is 12.1 Å². The fourth-order valence-corrected chi connectivity index (χ4v) is 3.09. The van der Waals surface area contributed by atoms with E-state index < -0.39 is 0 Å². The number of aromatic nitrogens is 3. The maximum absolute atomic E-state index is 12.6. The molecule has 4 rings (SSSR count). The van der Waals surface area contributed by atoms with Crippen LogP contribution >= 0.6 is 0 Å². The quantitative estimate of drug-likeness (QED) is 0.757. The molecule has 2 N–H and O–H groups in total. The molecular weight excluding hydrogens is 332 g/mol. The maximum Gasteiger partial charge on any atom is 0.276 e. The third-order valence-electron chi connectivity index (χ3n) is 4.45. The summed E-state index contributed by atoms with van der Waals surface area (Å²) in [6.07, 6.45) is 2.15. The standard InChI is InChI=1S/C19H18N4O3/c1-26-13-5-2-4-12(10-13)18-21-14-7-9-23(11-15(14)22-18)19(25)17-16(24)6-3-8-20-17/h2-6,8,10,24H,7,9,11H2,1H3,(H,21,22). The summed E-state index contributed by atoms with van der Waals surface area (Å²) in [7, 11) is 1.63. The van der Waals surface area contributed by atoms with E-state index in [1.807, 2.05) is 24.3 Å². The molecule has 7 heteroatoms. The molecule has 1 aromatic carbocycles. The van der Waals surface area contributed by atoms with Gasteiger partial charge in [-0.2, -0.15) is 0 Å². The summed E-state index contributed by atoms with van der Waals surface area (Å²) in [5.74, 6) is 1.12. The molecule has 0 saturated heterocycles. The van der Waals surface area contributed by atoms with E-state index in [0.29, 0.717) is 19.5 Å². The number of methoxy groups -OCH3 is 1. The van der Waals surface area contributed by atoms with E-state index in [-0.39, 0.29) is 17.4 Å². The van der Waals surface area contributed by atoms with Gasteiger partial charge in [-0.3, -0.25) is 4.79 Å². The predicted molar refractivity (Wildman–Crippen MR) is 94.9 cm³/mol. The Bertz CT molecular complexity index is 967. The van der Waals surface area contributed by atoms with E-state index in [0.717, 1.165) is 28.5 Å². The van der Waals surface area contributed by atoms with Gasteiger partial charge in [0.2, 0.25) is 0 Å². The summed E-state index contributed by atoms with van der Waals surface area (Å²) < 4.78 is 5.26. The lowest BCUT2D eigenvalue weighted by molar-refractivity contribution is 0.0722. The number of nitrogens with zero attached hydrogens (tertiary/aromatic N) is 3. The third-order valence-corrected chi connectivity index (χ3v) is 4.45. The van der Waals surface area contributed by atoms with Crippen LogP contribution in [0.3, 0.4) is 0 Å². The van der Waals surface area contributed by atoms with Crippen LogP contribution in [0.2, 0.25) is 0 Å². The molecule has 0 aliphatic carbocycles. The van der Waals surface area contributed by atoms with E-state index >= 15 is 0 Å². The number of amides is 1. The molecule has 0 unspecified atom stereocenters. The molecule has 132 valence electrons. The van der Waals surface area contributed by atoms with Crippen molar-refractivity contribution in [1.82, 2.24) is 19.9 Å². The SMILES string of the molecule is COc1cccc(-c2nc3c([nH]2)CN(C(=O)c2ncccc2O)CC3)c1. The lowest BCUT2D eigenvalue weighted by Gasteiger charge is -2.26. The summed E-state index contributed by atoms with van der Waals surface area (Å²) in [6.45, 7) is 0.936. The van der Waals surface area contributed by atoms with Crippen molar-refractivity contribution in [3.63, 3.8) is 0 Å². The minimum absolute atomic E-state index is 0.0727. The average molecular weight is 350 g/mol. The van der Waals surface area contributed by atoms with Crippen molar-refractivity contribution >= 4 is 5.91 Å². The van der Waals surface area contributed by atoms with Gasteiger partial charge in [0.1, 0.15) is 17.3 Å². The van der Waals surface area contributed by atoms with Crippen molar-refractivity contribution in [1.29, 1.82) is 0 Å². The van der Waals surface area contributed by atoms with Gasteiger partial charge in [0.25, 0.3) is 5.91 Å². The summed E-state index contributed by atoms with van der Waals surface area (Å²) in [4.78, 5) is 26.3. The van der Waals surface area contributed by atoms with Crippen LogP contribution in [-0.4, -0.2) is 44.5 Å². The van der Waals surface area contributed by atoms with Gasteiger partial charge in [0.05, 0.1) is 25.0 Å². The van der Waals surface area contributed by atoms with E-state index in [2.05, 4.69) is 15.0 Å². The van der Waals surface area contributed by atoms with Gasteiger partial charge in [-0.05, 0) is 24.3 Å². The highest BCUT2D eigenvalue weighted by Gasteiger charge is 2.27. The molecule has 0 atom stereocenters. The van der Waals surface area contributed by atoms with E-state index in [1.54, 1.807) is 18.1 Å². The van der Waals surface area contributed by atoms with Gasteiger partial charge >= 0.3 is 0 Å². The molecule has 3 heterocycles. The molecule has 7 nitrogen and oxygen atoms in total. The molecule has 0 spiro atoms. The number of aromatic amines is 1. The smallest absolute Gasteiger partial charge is 0.276 e. The topological polar surface area (TPSA) is 91.3 Å². The first-order valence-corrected chi connectivity index (χ1v) is 8.31. The Labute approximate surface area is 150 Å². The minimum Gasteiger partial charge on any atom is -0.505 e. The molecule has 0 bridgehead atoms. The van der Waals surface area contributed by atoms with Crippen LogP contribution < -0.4 is 4.74 Å². The second kappa shape index (κ2) is 6.51. The Morgan fingerprint density at radius 1 is 1.31 bits per heavy atom. The summed E-state index contributed by atoms with van der Waals surface area (Å²) in [5.41, 5.74) is 2.86. The highest BCUT2D eigenvalue weighted by atomic mass is 16.5. The number of nitrogens with one attached hydrogen (secondary N) is 1. The van der Waals surface area contributed by atoms with Crippen molar-refractivity contribution < 1.29 is 14.6 Å². The molecule has 2 aromatic heterocycles. The second-order valence-corrected chi connectivity index (χ2v) is 6.09. The van der Waals surface area contributed by atoms with Crippen LogP contribution in [0.25, 0.3) is 11.4 Å². The lowest BCUT2D eigenvalue weighted by atomic mass is 10.1. The molecule has 26 heavy (non-hydrogen) atoms. The second-order valence-electron chi connectivity index (χ2n) is 6.09. The van der Waals surface area contributed by atoms with Crippen LogP contribution in [0, 0.1) is 0 Å². The zero-order valence-corrected chi connectivity index (χ0v) is 14.3. The van der Waals surface area contributed by atoms with Gasteiger partial charge in [-0.15, -0.1) is 0 Å². The van der Waals surface area contributed by atoms with E-state index in [9.17, 15) is 9.90 Å². The lowest BCUT2D eigenvalue weighted by Crippen LogP contribution is -2.36. The summed E-state index contributed by atoms with van der Waals surface area (Å²) in [5, 5.41) is 9.87. The first-order valence-electron chi connectivity index (χ1n) is 8.31. The number of aromatic hydroxyl groups is 1. The van der Waals surface area contributed by atoms with Crippen molar-refractivity contribution in [2.24, 2.45) is 0 Å².